The van der Waals surface area contributed by atoms with Crippen LogP contribution in [-0.2, 0) is 6.54 Å². The highest BCUT2D eigenvalue weighted by Crippen LogP contribution is 2.05. The van der Waals surface area contributed by atoms with Gasteiger partial charge < -0.3 is 11.1 Å². The fraction of sp³-hybridized carbons (Fsp3) is 0.250. The molecule has 1 heterocycles. The maximum absolute atomic E-state index is 7.40. The first-order valence-corrected chi connectivity index (χ1v) is 3.44. The summed E-state index contributed by atoms with van der Waals surface area (Å²) >= 11 is 0. The van der Waals surface area contributed by atoms with Crippen molar-refractivity contribution >= 4 is 5.71 Å². The molecule has 0 unspecified atom stereocenters. The minimum absolute atomic E-state index is 0.444. The Balaban J connectivity index is 3.12. The van der Waals surface area contributed by atoms with Crippen LogP contribution in [0.25, 0.3) is 0 Å². The lowest BCUT2D eigenvalue weighted by Crippen LogP contribution is -2.05. The summed E-state index contributed by atoms with van der Waals surface area (Å²) in [7, 11) is 0. The van der Waals surface area contributed by atoms with E-state index in [1.807, 2.05) is 6.07 Å². The highest BCUT2D eigenvalue weighted by molar-refractivity contribution is 5.97. The smallest absolute Gasteiger partial charge is 0.0359 e. The van der Waals surface area contributed by atoms with Gasteiger partial charge in [-0.15, -0.1) is 0 Å². The molecule has 0 aliphatic heterocycles. The van der Waals surface area contributed by atoms with Gasteiger partial charge in [-0.25, -0.2) is 0 Å². The van der Waals surface area contributed by atoms with Gasteiger partial charge in [0.05, 0.1) is 0 Å². The minimum Gasteiger partial charge on any atom is -0.326 e. The van der Waals surface area contributed by atoms with Crippen molar-refractivity contribution in [3.63, 3.8) is 0 Å². The monoisotopic (exact) mass is 149 g/mol. The first kappa shape index (κ1) is 7.88. The van der Waals surface area contributed by atoms with Crippen molar-refractivity contribution in [3.8, 4) is 0 Å². The minimum atomic E-state index is 0.444. The molecule has 0 saturated heterocycles. The number of hydrogen-bond acceptors (Lipinski definition) is 3. The standard InChI is InChI=1S/C8H11N3/c1-6(10)8-2-3-11-5-7(8)4-9/h2-3,5,10H,4,9H2,1H3. The zero-order chi connectivity index (χ0) is 8.27. The van der Waals surface area contributed by atoms with Crippen molar-refractivity contribution < 1.29 is 0 Å². The van der Waals surface area contributed by atoms with Gasteiger partial charge in [-0.1, -0.05) is 0 Å². The molecule has 0 amide bonds. The van der Waals surface area contributed by atoms with Gasteiger partial charge in [0.15, 0.2) is 0 Å². The molecule has 0 fully saturated rings. The van der Waals surface area contributed by atoms with Crippen LogP contribution in [0.15, 0.2) is 18.5 Å². The van der Waals surface area contributed by atoms with E-state index in [4.69, 9.17) is 11.1 Å². The summed E-state index contributed by atoms with van der Waals surface area (Å²) in [5.41, 5.74) is 7.81. The van der Waals surface area contributed by atoms with Crippen LogP contribution in [0.1, 0.15) is 18.1 Å². The summed E-state index contributed by atoms with van der Waals surface area (Å²) in [6, 6.07) is 1.81. The van der Waals surface area contributed by atoms with Crippen molar-refractivity contribution in [2.75, 3.05) is 0 Å². The number of aromatic nitrogens is 1. The number of rotatable bonds is 2. The normalized spacial score (nSPS) is 9.64. The van der Waals surface area contributed by atoms with E-state index in [1.165, 1.54) is 0 Å². The van der Waals surface area contributed by atoms with Crippen LogP contribution in [0.2, 0.25) is 0 Å². The van der Waals surface area contributed by atoms with Crippen molar-refractivity contribution in [3.05, 3.63) is 29.6 Å². The summed E-state index contributed by atoms with van der Waals surface area (Å²) in [5, 5.41) is 7.40. The van der Waals surface area contributed by atoms with E-state index in [2.05, 4.69) is 4.98 Å². The Morgan fingerprint density at radius 3 is 2.91 bits per heavy atom. The third kappa shape index (κ3) is 1.62. The quantitative estimate of drug-likeness (QED) is 0.614. The van der Waals surface area contributed by atoms with E-state index in [-0.39, 0.29) is 0 Å². The number of nitrogens with zero attached hydrogens (tertiary/aromatic N) is 1. The third-order valence-electron chi connectivity index (χ3n) is 1.53. The SMILES string of the molecule is CC(=N)c1ccncc1CN. The lowest BCUT2D eigenvalue weighted by molar-refractivity contribution is 1.04. The molecule has 58 valence electrons. The average Bonchev–Trinajstić information content (AvgIpc) is 2.04. The van der Waals surface area contributed by atoms with Crippen LogP contribution < -0.4 is 5.73 Å². The van der Waals surface area contributed by atoms with Gasteiger partial charge in [-0.3, -0.25) is 4.98 Å². The fourth-order valence-corrected chi connectivity index (χ4v) is 0.956. The lowest BCUT2D eigenvalue weighted by Gasteiger charge is -2.03. The molecular formula is C8H11N3. The van der Waals surface area contributed by atoms with Gasteiger partial charge in [-0.05, 0) is 18.6 Å². The zero-order valence-electron chi connectivity index (χ0n) is 6.46. The van der Waals surface area contributed by atoms with Crippen molar-refractivity contribution in [1.82, 2.24) is 4.98 Å². The number of nitrogens with one attached hydrogen (secondary N) is 1. The highest BCUT2D eigenvalue weighted by Gasteiger charge is 2.00. The predicted molar refractivity (Wildman–Crippen MR) is 44.6 cm³/mol. The molecule has 0 radical (unpaired) electrons. The molecule has 1 rings (SSSR count). The van der Waals surface area contributed by atoms with Crippen LogP contribution in [0, 0.1) is 5.41 Å². The van der Waals surface area contributed by atoms with E-state index >= 15 is 0 Å². The molecule has 3 nitrogen and oxygen atoms in total. The van der Waals surface area contributed by atoms with Crippen LogP contribution >= 0.6 is 0 Å². The first-order valence-electron chi connectivity index (χ1n) is 3.44. The summed E-state index contributed by atoms with van der Waals surface area (Å²) < 4.78 is 0. The maximum Gasteiger partial charge on any atom is 0.0359 e. The lowest BCUT2D eigenvalue weighted by atomic mass is 10.1. The first-order chi connectivity index (χ1) is 5.25. The van der Waals surface area contributed by atoms with Crippen LogP contribution in [0.4, 0.5) is 0 Å². The topological polar surface area (TPSA) is 62.8 Å². The van der Waals surface area contributed by atoms with Crippen molar-refractivity contribution in [2.24, 2.45) is 5.73 Å². The second kappa shape index (κ2) is 3.25. The Kier molecular flexibility index (Phi) is 2.33. The van der Waals surface area contributed by atoms with Gasteiger partial charge in [0.25, 0.3) is 0 Å². The summed E-state index contributed by atoms with van der Waals surface area (Å²) in [6.07, 6.45) is 3.37. The van der Waals surface area contributed by atoms with E-state index in [1.54, 1.807) is 19.3 Å². The van der Waals surface area contributed by atoms with Gasteiger partial charge in [0.2, 0.25) is 0 Å². The van der Waals surface area contributed by atoms with Gasteiger partial charge in [0, 0.05) is 30.2 Å². The number of pyridine rings is 1. The van der Waals surface area contributed by atoms with Crippen LogP contribution in [0.5, 0.6) is 0 Å². The molecule has 3 heteroatoms. The largest absolute Gasteiger partial charge is 0.326 e. The Hall–Kier alpha value is -1.22. The average molecular weight is 149 g/mol. The third-order valence-corrected chi connectivity index (χ3v) is 1.53. The summed E-state index contributed by atoms with van der Waals surface area (Å²) in [5.74, 6) is 0. The molecule has 0 spiro atoms. The Bertz CT molecular complexity index is 268. The fourth-order valence-electron chi connectivity index (χ4n) is 0.956. The molecule has 0 saturated carbocycles. The summed E-state index contributed by atoms with van der Waals surface area (Å²) in [6.45, 7) is 2.19. The Morgan fingerprint density at radius 2 is 2.45 bits per heavy atom. The Labute approximate surface area is 65.8 Å². The molecule has 1 aromatic heterocycles. The zero-order valence-corrected chi connectivity index (χ0v) is 6.46. The van der Waals surface area contributed by atoms with Gasteiger partial charge in [-0.2, -0.15) is 0 Å². The number of nitrogens with two attached hydrogens (primary N) is 1. The number of hydrogen-bond donors (Lipinski definition) is 2. The van der Waals surface area contributed by atoms with Crippen molar-refractivity contribution in [1.29, 1.82) is 5.41 Å². The van der Waals surface area contributed by atoms with E-state index < -0.39 is 0 Å². The van der Waals surface area contributed by atoms with Crippen LogP contribution in [0.3, 0.4) is 0 Å². The molecule has 3 N–H and O–H groups in total. The molecule has 1 aromatic rings. The maximum atomic E-state index is 7.40. The molecular weight excluding hydrogens is 138 g/mol. The molecule has 11 heavy (non-hydrogen) atoms. The van der Waals surface area contributed by atoms with E-state index in [0.29, 0.717) is 12.3 Å². The van der Waals surface area contributed by atoms with Gasteiger partial charge in [0.1, 0.15) is 0 Å². The van der Waals surface area contributed by atoms with Gasteiger partial charge >= 0.3 is 0 Å². The Morgan fingerprint density at radius 1 is 1.73 bits per heavy atom. The molecule has 0 aromatic carbocycles. The highest BCUT2D eigenvalue weighted by atomic mass is 14.6. The van der Waals surface area contributed by atoms with E-state index in [9.17, 15) is 0 Å². The van der Waals surface area contributed by atoms with Crippen molar-refractivity contribution in [2.45, 2.75) is 13.5 Å². The predicted octanol–water partition coefficient (Wildman–Crippen LogP) is 0.928. The molecule has 0 aliphatic carbocycles. The second-order valence-corrected chi connectivity index (χ2v) is 2.36. The molecule has 0 bridgehead atoms. The molecule has 0 aliphatic rings. The summed E-state index contributed by atoms with van der Waals surface area (Å²) in [4.78, 5) is 3.92. The molecule has 0 atom stereocenters. The second-order valence-electron chi connectivity index (χ2n) is 2.36. The van der Waals surface area contributed by atoms with Crippen LogP contribution in [-0.4, -0.2) is 10.7 Å². The van der Waals surface area contributed by atoms with E-state index in [0.717, 1.165) is 11.1 Å².